The van der Waals surface area contributed by atoms with Crippen molar-refractivity contribution < 1.29 is 14.3 Å². The quantitative estimate of drug-likeness (QED) is 0.525. The van der Waals surface area contributed by atoms with E-state index in [0.29, 0.717) is 28.6 Å². The molecule has 3 aromatic carbocycles. The average Bonchev–Trinajstić information content (AvgIpc) is 2.79. The number of hydrogen-bond donors (Lipinski definition) is 2. The largest absolute Gasteiger partial charge is 0.484 e. The van der Waals surface area contributed by atoms with Crippen LogP contribution in [-0.2, 0) is 4.79 Å². The van der Waals surface area contributed by atoms with E-state index >= 15 is 0 Å². The van der Waals surface area contributed by atoms with Gasteiger partial charge in [-0.15, -0.1) is 0 Å². The summed E-state index contributed by atoms with van der Waals surface area (Å²) in [6.45, 7) is 4.26. The first-order chi connectivity index (χ1) is 14.5. The molecule has 5 nitrogen and oxygen atoms in total. The number of hydrogen-bond acceptors (Lipinski definition) is 3. The zero-order valence-corrected chi connectivity index (χ0v) is 17.2. The van der Waals surface area contributed by atoms with Crippen LogP contribution in [0.25, 0.3) is 0 Å². The fourth-order valence-electron chi connectivity index (χ4n) is 2.90. The first kappa shape index (κ1) is 21.1. The molecule has 0 heterocycles. The number of nitrogens with one attached hydrogen (secondary N) is 2. The van der Waals surface area contributed by atoms with Crippen molar-refractivity contribution in [2.24, 2.45) is 0 Å². The predicted molar refractivity (Wildman–Crippen MR) is 120 cm³/mol. The minimum Gasteiger partial charge on any atom is -0.484 e. The van der Waals surface area contributed by atoms with Crippen LogP contribution in [0.3, 0.4) is 0 Å². The van der Waals surface area contributed by atoms with Gasteiger partial charge in [0.1, 0.15) is 5.75 Å². The van der Waals surface area contributed by atoms with E-state index < -0.39 is 0 Å². The standard InChI is InChI=1S/C25H26N2O3/c1-3-18(2)19-9-15-23(16-10-19)30-17-24(28)26-21-11-13-22(14-12-21)27-25(29)20-7-5-4-6-8-20/h4-16,18H,3,17H2,1-2H3,(H,26,28)(H,27,29)/t18-/m1/s1. The average molecular weight is 402 g/mol. The van der Waals surface area contributed by atoms with Gasteiger partial charge < -0.3 is 15.4 Å². The molecule has 0 unspecified atom stereocenters. The lowest BCUT2D eigenvalue weighted by Gasteiger charge is -2.11. The topological polar surface area (TPSA) is 67.4 Å². The highest BCUT2D eigenvalue weighted by molar-refractivity contribution is 6.04. The number of ether oxygens (including phenoxy) is 1. The second kappa shape index (κ2) is 10.3. The summed E-state index contributed by atoms with van der Waals surface area (Å²) in [5.74, 6) is 0.737. The third-order valence-corrected chi connectivity index (χ3v) is 4.89. The molecule has 3 rings (SSSR count). The second-order valence-electron chi connectivity index (χ2n) is 7.11. The van der Waals surface area contributed by atoms with Crippen LogP contribution in [0.5, 0.6) is 5.75 Å². The Hall–Kier alpha value is -3.60. The maximum absolute atomic E-state index is 12.2. The lowest BCUT2D eigenvalue weighted by atomic mass is 9.99. The highest BCUT2D eigenvalue weighted by atomic mass is 16.5. The van der Waals surface area contributed by atoms with Gasteiger partial charge in [-0.1, -0.05) is 44.2 Å². The van der Waals surface area contributed by atoms with Gasteiger partial charge in [0, 0.05) is 16.9 Å². The van der Waals surface area contributed by atoms with E-state index in [1.165, 1.54) is 5.56 Å². The van der Waals surface area contributed by atoms with Crippen LogP contribution in [0.1, 0.15) is 42.1 Å². The molecule has 0 spiro atoms. The molecule has 30 heavy (non-hydrogen) atoms. The molecular formula is C25H26N2O3. The summed E-state index contributed by atoms with van der Waals surface area (Å²) < 4.78 is 5.56. The van der Waals surface area contributed by atoms with E-state index in [2.05, 4.69) is 24.5 Å². The van der Waals surface area contributed by atoms with Crippen LogP contribution < -0.4 is 15.4 Å². The maximum atomic E-state index is 12.2. The fraction of sp³-hybridized carbons (Fsp3) is 0.200. The lowest BCUT2D eigenvalue weighted by Crippen LogP contribution is -2.20. The maximum Gasteiger partial charge on any atom is 0.262 e. The van der Waals surface area contributed by atoms with Gasteiger partial charge in [-0.05, 0) is 66.4 Å². The van der Waals surface area contributed by atoms with Crippen molar-refractivity contribution in [2.75, 3.05) is 17.2 Å². The van der Waals surface area contributed by atoms with Crippen LogP contribution in [0.4, 0.5) is 11.4 Å². The molecule has 5 heteroatoms. The predicted octanol–water partition coefficient (Wildman–Crippen LogP) is 5.47. The van der Waals surface area contributed by atoms with E-state index in [1.54, 1.807) is 36.4 Å². The number of carbonyl (C=O) groups is 2. The molecule has 1 atom stereocenters. The van der Waals surface area contributed by atoms with Crippen molar-refractivity contribution in [3.8, 4) is 5.75 Å². The Morgan fingerprint density at radius 2 is 1.43 bits per heavy atom. The van der Waals surface area contributed by atoms with Gasteiger partial charge in [0.2, 0.25) is 0 Å². The van der Waals surface area contributed by atoms with E-state index in [4.69, 9.17) is 4.74 Å². The fourth-order valence-corrected chi connectivity index (χ4v) is 2.90. The molecule has 0 aliphatic carbocycles. The van der Waals surface area contributed by atoms with E-state index in [9.17, 15) is 9.59 Å². The van der Waals surface area contributed by atoms with Gasteiger partial charge in [-0.25, -0.2) is 0 Å². The highest BCUT2D eigenvalue weighted by Crippen LogP contribution is 2.21. The van der Waals surface area contributed by atoms with E-state index in [0.717, 1.165) is 6.42 Å². The van der Waals surface area contributed by atoms with Crippen molar-refractivity contribution in [3.63, 3.8) is 0 Å². The Morgan fingerprint density at radius 1 is 0.833 bits per heavy atom. The summed E-state index contributed by atoms with van der Waals surface area (Å²) in [4.78, 5) is 24.3. The number of amides is 2. The zero-order chi connectivity index (χ0) is 21.3. The molecule has 2 N–H and O–H groups in total. The summed E-state index contributed by atoms with van der Waals surface area (Å²) in [5, 5.41) is 5.61. The molecule has 3 aromatic rings. The smallest absolute Gasteiger partial charge is 0.262 e. The molecule has 0 aromatic heterocycles. The van der Waals surface area contributed by atoms with E-state index in [1.807, 2.05) is 42.5 Å². The van der Waals surface area contributed by atoms with Gasteiger partial charge in [0.05, 0.1) is 0 Å². The van der Waals surface area contributed by atoms with Gasteiger partial charge in [-0.2, -0.15) is 0 Å². The molecule has 0 saturated carbocycles. The van der Waals surface area contributed by atoms with Crippen molar-refractivity contribution in [3.05, 3.63) is 90.0 Å². The summed E-state index contributed by atoms with van der Waals surface area (Å²) in [5.41, 5.74) is 3.13. The number of carbonyl (C=O) groups excluding carboxylic acids is 2. The minimum atomic E-state index is -0.248. The second-order valence-corrected chi connectivity index (χ2v) is 7.11. The van der Waals surface area contributed by atoms with Gasteiger partial charge in [0.25, 0.3) is 11.8 Å². The summed E-state index contributed by atoms with van der Waals surface area (Å²) in [6, 6.07) is 23.8. The van der Waals surface area contributed by atoms with Gasteiger partial charge in [0.15, 0.2) is 6.61 Å². The molecule has 0 aliphatic rings. The Morgan fingerprint density at radius 3 is 2.03 bits per heavy atom. The van der Waals surface area contributed by atoms with Gasteiger partial charge >= 0.3 is 0 Å². The SMILES string of the molecule is CC[C@@H](C)c1ccc(OCC(=O)Nc2ccc(NC(=O)c3ccccc3)cc2)cc1. The van der Waals surface area contributed by atoms with Gasteiger partial charge in [-0.3, -0.25) is 9.59 Å². The molecule has 0 saturated heterocycles. The molecule has 0 bridgehead atoms. The molecule has 0 radical (unpaired) electrons. The summed E-state index contributed by atoms with van der Waals surface area (Å²) in [7, 11) is 0. The highest BCUT2D eigenvalue weighted by Gasteiger charge is 2.08. The Balaban J connectivity index is 1.48. The zero-order valence-electron chi connectivity index (χ0n) is 17.2. The van der Waals surface area contributed by atoms with E-state index in [-0.39, 0.29) is 18.4 Å². The normalized spacial score (nSPS) is 11.4. The molecule has 0 aliphatic heterocycles. The molecule has 154 valence electrons. The first-order valence-corrected chi connectivity index (χ1v) is 10.0. The number of rotatable bonds is 8. The summed E-state index contributed by atoms with van der Waals surface area (Å²) >= 11 is 0. The van der Waals surface area contributed by atoms with Crippen LogP contribution in [0, 0.1) is 0 Å². The van der Waals surface area contributed by atoms with Crippen LogP contribution >= 0.6 is 0 Å². The van der Waals surface area contributed by atoms with Crippen molar-refractivity contribution >= 4 is 23.2 Å². The lowest BCUT2D eigenvalue weighted by molar-refractivity contribution is -0.118. The van der Waals surface area contributed by atoms with Crippen LogP contribution in [-0.4, -0.2) is 18.4 Å². The third-order valence-electron chi connectivity index (χ3n) is 4.89. The van der Waals surface area contributed by atoms with Crippen LogP contribution in [0.15, 0.2) is 78.9 Å². The Bertz CT molecular complexity index is 968. The number of benzene rings is 3. The first-order valence-electron chi connectivity index (χ1n) is 10.0. The molecule has 0 fully saturated rings. The summed E-state index contributed by atoms with van der Waals surface area (Å²) in [6.07, 6.45) is 1.08. The third kappa shape index (κ3) is 5.95. The van der Waals surface area contributed by atoms with Crippen molar-refractivity contribution in [2.45, 2.75) is 26.2 Å². The number of anilines is 2. The minimum absolute atomic E-state index is 0.0742. The Labute approximate surface area is 177 Å². The molecular weight excluding hydrogens is 376 g/mol. The van der Waals surface area contributed by atoms with Crippen LogP contribution in [0.2, 0.25) is 0 Å². The molecule has 2 amide bonds. The Kier molecular flexibility index (Phi) is 7.22. The van der Waals surface area contributed by atoms with Crippen molar-refractivity contribution in [1.29, 1.82) is 0 Å². The monoisotopic (exact) mass is 402 g/mol. The van der Waals surface area contributed by atoms with Crippen molar-refractivity contribution in [1.82, 2.24) is 0 Å².